The molecule has 5 N–H and O–H groups in total. The standard InChI is InChI=1S/C41H47FN6O9/c1-5-41(56)26-16-29-36-24(18-48(29)39(54)25(26)19-57-40(41)55)22-10-9-11-23-33(22)28(44-36)17-27(42)35(23)46-37(52)21(4)43-38(53)34(20(2)3)45-30(49)12-7-6-8-15-47-31(50)13-14-32(47)51/h13-14,16-17,20-21,31,34,50,56H,5-12,15,18-19H2,1-4H3,(H,43,53)(H,45,49)(H,46,52)/t21-,31?,34-,41-/m0/s1. The van der Waals surface area contributed by atoms with Gasteiger partial charge in [0.2, 0.25) is 23.6 Å². The van der Waals surface area contributed by atoms with Gasteiger partial charge in [0.15, 0.2) is 5.60 Å². The van der Waals surface area contributed by atoms with Crippen molar-refractivity contribution >= 4 is 46.2 Å². The number of aliphatic hydroxyl groups excluding tert-OH is 1. The number of rotatable bonds is 13. The molecule has 4 amide bonds. The fraction of sp³-hybridized carbons (Fsp3) is 0.488. The second kappa shape index (κ2) is 15.5. The van der Waals surface area contributed by atoms with E-state index in [-0.39, 0.29) is 60.5 Å². The number of nitrogens with zero attached hydrogens (tertiary/aromatic N) is 3. The monoisotopic (exact) mass is 786 g/mol. The summed E-state index contributed by atoms with van der Waals surface area (Å²) in [5, 5.41) is 29.9. The topological polar surface area (TPSA) is 209 Å². The lowest BCUT2D eigenvalue weighted by atomic mass is 9.85. The lowest BCUT2D eigenvalue weighted by Crippen LogP contribution is -2.53. The Balaban J connectivity index is 1.04. The van der Waals surface area contributed by atoms with E-state index in [1.165, 1.54) is 34.6 Å². The van der Waals surface area contributed by atoms with E-state index in [0.717, 1.165) is 11.1 Å². The number of hydrogen-bond acceptors (Lipinski definition) is 10. The van der Waals surface area contributed by atoms with E-state index in [4.69, 9.17) is 9.72 Å². The first kappa shape index (κ1) is 39.7. The Labute approximate surface area is 327 Å². The minimum Gasteiger partial charge on any atom is -0.458 e. The average Bonchev–Trinajstić information content (AvgIpc) is 3.71. The van der Waals surface area contributed by atoms with Crippen molar-refractivity contribution in [1.29, 1.82) is 0 Å². The second-order valence-electron chi connectivity index (χ2n) is 15.6. The van der Waals surface area contributed by atoms with Crippen LogP contribution in [0.1, 0.15) is 94.0 Å². The van der Waals surface area contributed by atoms with E-state index in [1.54, 1.807) is 26.8 Å². The van der Waals surface area contributed by atoms with Crippen LogP contribution in [0, 0.1) is 11.7 Å². The molecule has 0 radical (unpaired) electrons. The van der Waals surface area contributed by atoms with Gasteiger partial charge in [-0.15, -0.1) is 0 Å². The molecule has 1 aromatic carbocycles. The molecule has 0 saturated carbocycles. The predicted octanol–water partition coefficient (Wildman–Crippen LogP) is 2.57. The maximum atomic E-state index is 16.0. The van der Waals surface area contributed by atoms with Gasteiger partial charge in [-0.25, -0.2) is 14.2 Å². The van der Waals surface area contributed by atoms with Gasteiger partial charge in [-0.3, -0.25) is 24.0 Å². The highest BCUT2D eigenvalue weighted by Gasteiger charge is 2.45. The number of amides is 4. The Hall–Kier alpha value is -5.48. The van der Waals surface area contributed by atoms with Gasteiger partial charge in [-0.05, 0) is 74.6 Å². The number of carbonyl (C=O) groups is 5. The van der Waals surface area contributed by atoms with Crippen LogP contribution >= 0.6 is 0 Å². The number of aromatic nitrogens is 2. The normalized spacial score (nSPS) is 20.2. The fourth-order valence-electron chi connectivity index (χ4n) is 8.36. The Kier molecular flexibility index (Phi) is 10.8. The zero-order chi connectivity index (χ0) is 40.9. The molecule has 1 aliphatic carbocycles. The minimum atomic E-state index is -1.98. The van der Waals surface area contributed by atoms with Crippen LogP contribution in [0.25, 0.3) is 22.3 Å². The molecule has 57 heavy (non-hydrogen) atoms. The number of ether oxygens (including phenoxy) is 1. The van der Waals surface area contributed by atoms with E-state index in [1.807, 2.05) is 0 Å². The third-order valence-electron chi connectivity index (χ3n) is 11.6. The van der Waals surface area contributed by atoms with E-state index in [9.17, 15) is 39.0 Å². The molecule has 7 rings (SSSR count). The summed E-state index contributed by atoms with van der Waals surface area (Å²) >= 11 is 0. The number of esters is 1. The van der Waals surface area contributed by atoms with Crippen molar-refractivity contribution in [3.8, 4) is 11.4 Å². The van der Waals surface area contributed by atoms with E-state index < -0.39 is 53.1 Å². The Morgan fingerprint density at radius 2 is 1.77 bits per heavy atom. The van der Waals surface area contributed by atoms with Crippen molar-refractivity contribution in [2.24, 2.45) is 5.92 Å². The van der Waals surface area contributed by atoms with Gasteiger partial charge in [0, 0.05) is 41.6 Å². The third-order valence-corrected chi connectivity index (χ3v) is 11.6. The van der Waals surface area contributed by atoms with Crippen molar-refractivity contribution in [3.63, 3.8) is 0 Å². The van der Waals surface area contributed by atoms with Gasteiger partial charge < -0.3 is 40.4 Å². The molecule has 3 aliphatic heterocycles. The molecule has 2 aromatic heterocycles. The summed E-state index contributed by atoms with van der Waals surface area (Å²) in [5.74, 6) is -3.67. The Bertz CT molecular complexity index is 2300. The van der Waals surface area contributed by atoms with Crippen LogP contribution in [0.2, 0.25) is 0 Å². The summed E-state index contributed by atoms with van der Waals surface area (Å²) in [4.78, 5) is 83.9. The highest BCUT2D eigenvalue weighted by Crippen LogP contribution is 2.44. The molecule has 0 fully saturated rings. The average molecular weight is 787 g/mol. The van der Waals surface area contributed by atoms with E-state index in [0.29, 0.717) is 72.9 Å². The Morgan fingerprint density at radius 3 is 2.47 bits per heavy atom. The molecule has 3 aromatic rings. The van der Waals surface area contributed by atoms with Crippen LogP contribution in [0.15, 0.2) is 29.1 Å². The SMILES string of the molecule is CC[C@@]1(O)C(=O)OCc2c1cc1n(c2=O)Cc2c-1nc1cc(F)c(NC(=O)[C@H](C)NC(=O)[C@@H](NC(=O)CCCCCN3C(=O)C=CC3O)C(C)C)c3c1c2CCC3. The lowest BCUT2D eigenvalue weighted by Gasteiger charge is -2.31. The fourth-order valence-corrected chi connectivity index (χ4v) is 8.36. The first-order valence-corrected chi connectivity index (χ1v) is 19.6. The largest absolute Gasteiger partial charge is 0.458 e. The zero-order valence-corrected chi connectivity index (χ0v) is 32.4. The molecule has 302 valence electrons. The van der Waals surface area contributed by atoms with Crippen LogP contribution in [0.4, 0.5) is 10.1 Å². The van der Waals surface area contributed by atoms with Crippen molar-refractivity contribution in [2.75, 3.05) is 11.9 Å². The predicted molar refractivity (Wildman–Crippen MR) is 205 cm³/mol. The number of hydrogen-bond donors (Lipinski definition) is 5. The molecule has 1 unspecified atom stereocenters. The van der Waals surface area contributed by atoms with Crippen LogP contribution in [-0.2, 0) is 60.3 Å². The number of halogens is 1. The summed E-state index contributed by atoms with van der Waals surface area (Å²) in [7, 11) is 0. The molecule has 0 bridgehead atoms. The number of unbranched alkanes of at least 4 members (excludes halogenated alkanes) is 2. The highest BCUT2D eigenvalue weighted by atomic mass is 19.1. The number of aryl methyl sites for hydroxylation is 2. The van der Waals surface area contributed by atoms with Crippen LogP contribution in [0.5, 0.6) is 0 Å². The van der Waals surface area contributed by atoms with Gasteiger partial charge in [0.1, 0.15) is 30.7 Å². The van der Waals surface area contributed by atoms with Crippen LogP contribution < -0.4 is 21.5 Å². The molecular weight excluding hydrogens is 739 g/mol. The number of aliphatic hydroxyl groups is 2. The van der Waals surface area contributed by atoms with Crippen LogP contribution in [0.3, 0.4) is 0 Å². The maximum Gasteiger partial charge on any atom is 0.343 e. The van der Waals surface area contributed by atoms with Crippen molar-refractivity contribution in [1.82, 2.24) is 25.1 Å². The molecular formula is C41H47FN6O9. The molecule has 4 atom stereocenters. The molecule has 0 saturated heterocycles. The van der Waals surface area contributed by atoms with Gasteiger partial charge in [-0.1, -0.05) is 27.2 Å². The summed E-state index contributed by atoms with van der Waals surface area (Å²) in [6, 6.07) is 0.826. The molecule has 0 spiro atoms. The number of fused-ring (bicyclic) bond motifs is 5. The van der Waals surface area contributed by atoms with Crippen molar-refractivity contribution < 1.29 is 43.3 Å². The minimum absolute atomic E-state index is 0.00318. The quantitative estimate of drug-likeness (QED) is 0.0989. The maximum absolute atomic E-state index is 16.0. The molecule has 15 nitrogen and oxygen atoms in total. The van der Waals surface area contributed by atoms with Gasteiger partial charge in [-0.2, -0.15) is 0 Å². The zero-order valence-electron chi connectivity index (χ0n) is 32.4. The van der Waals surface area contributed by atoms with Gasteiger partial charge in [0.25, 0.3) is 5.56 Å². The summed E-state index contributed by atoms with van der Waals surface area (Å²) in [6.45, 7) is 6.93. The molecule has 5 heterocycles. The van der Waals surface area contributed by atoms with Crippen molar-refractivity contribution in [3.05, 3.63) is 68.3 Å². The number of benzene rings is 1. The number of pyridine rings is 2. The smallest absolute Gasteiger partial charge is 0.343 e. The third kappa shape index (κ3) is 7.09. The first-order chi connectivity index (χ1) is 27.1. The number of nitrogens with one attached hydrogen (secondary N) is 3. The van der Waals surface area contributed by atoms with Gasteiger partial charge >= 0.3 is 5.97 Å². The van der Waals surface area contributed by atoms with Crippen molar-refractivity contribution in [2.45, 2.75) is 116 Å². The number of cyclic esters (lactones) is 1. The summed E-state index contributed by atoms with van der Waals surface area (Å²) < 4.78 is 22.7. The highest BCUT2D eigenvalue weighted by molar-refractivity contribution is 6.02. The summed E-state index contributed by atoms with van der Waals surface area (Å²) in [6.07, 6.45) is 5.39. The van der Waals surface area contributed by atoms with Crippen LogP contribution in [-0.4, -0.2) is 79.1 Å². The van der Waals surface area contributed by atoms with E-state index >= 15 is 4.39 Å². The van der Waals surface area contributed by atoms with Gasteiger partial charge in [0.05, 0.1) is 34.7 Å². The second-order valence-corrected chi connectivity index (χ2v) is 15.6. The van der Waals surface area contributed by atoms with E-state index in [2.05, 4.69) is 16.0 Å². The Morgan fingerprint density at radius 1 is 1.02 bits per heavy atom. The first-order valence-electron chi connectivity index (χ1n) is 19.6. The number of carbonyl (C=O) groups excluding carboxylic acids is 5. The number of anilines is 1. The lowest BCUT2D eigenvalue weighted by molar-refractivity contribution is -0.172. The molecule has 16 heteroatoms. The molecule has 4 aliphatic rings. The summed E-state index contributed by atoms with van der Waals surface area (Å²) in [5.41, 5.74) is 1.44.